The van der Waals surface area contributed by atoms with Gasteiger partial charge >= 0.3 is 5.97 Å². The van der Waals surface area contributed by atoms with Crippen molar-refractivity contribution in [2.45, 2.75) is 18.8 Å². The van der Waals surface area contributed by atoms with Gasteiger partial charge in [0, 0.05) is 0 Å². The smallest absolute Gasteiger partial charge is 0.335 e. The van der Waals surface area contributed by atoms with Gasteiger partial charge in [-0.2, -0.15) is 0 Å². The van der Waals surface area contributed by atoms with Crippen LogP contribution in [0.25, 0.3) is 27.4 Å². The minimum atomic E-state index is -0.965. The summed E-state index contributed by atoms with van der Waals surface area (Å²) in [6.07, 6.45) is 4.13. The highest BCUT2D eigenvalue weighted by molar-refractivity contribution is 7.13. The van der Waals surface area contributed by atoms with E-state index in [2.05, 4.69) is 39.9 Å². The second-order valence-electron chi connectivity index (χ2n) is 7.75. The maximum atomic E-state index is 11.8. The van der Waals surface area contributed by atoms with Gasteiger partial charge in [-0.1, -0.05) is 35.5 Å². The van der Waals surface area contributed by atoms with Crippen LogP contribution in [-0.2, 0) is 0 Å². The Morgan fingerprint density at radius 2 is 1.87 bits per heavy atom. The van der Waals surface area contributed by atoms with Crippen LogP contribution in [0.1, 0.15) is 34.7 Å². The first-order chi connectivity index (χ1) is 15.2. The van der Waals surface area contributed by atoms with Crippen LogP contribution in [0, 0.1) is 0 Å². The second kappa shape index (κ2) is 8.45. The predicted octanol–water partition coefficient (Wildman–Crippen LogP) is 4.83. The van der Waals surface area contributed by atoms with E-state index in [0.717, 1.165) is 47.6 Å². The maximum Gasteiger partial charge on any atom is 0.335 e. The number of aromatic carboxylic acids is 1. The van der Waals surface area contributed by atoms with Crippen molar-refractivity contribution in [2.75, 3.05) is 13.1 Å². The number of carboxylic acid groups (broad SMARTS) is 1. The predicted molar refractivity (Wildman–Crippen MR) is 122 cm³/mol. The third-order valence-electron chi connectivity index (χ3n) is 5.75. The SMILES string of the molecule is O=C(O)c1cc(-c2ccc(C3CCNCC3)cc2)cc(-n2cc(-c3cccs3)nn2)c1. The van der Waals surface area contributed by atoms with Crippen LogP contribution in [0.3, 0.4) is 0 Å². The number of carbonyl (C=O) groups is 1. The maximum absolute atomic E-state index is 11.8. The fraction of sp³-hybridized carbons (Fsp3) is 0.208. The summed E-state index contributed by atoms with van der Waals surface area (Å²) >= 11 is 1.59. The van der Waals surface area contributed by atoms with Gasteiger partial charge in [0.1, 0.15) is 5.69 Å². The zero-order valence-electron chi connectivity index (χ0n) is 16.9. The molecule has 5 rings (SSSR count). The fourth-order valence-corrected chi connectivity index (χ4v) is 4.74. The molecule has 0 spiro atoms. The van der Waals surface area contributed by atoms with Crippen molar-refractivity contribution < 1.29 is 9.90 Å². The van der Waals surface area contributed by atoms with E-state index >= 15 is 0 Å². The number of rotatable bonds is 5. The highest BCUT2D eigenvalue weighted by Gasteiger charge is 2.16. The average molecular weight is 431 g/mol. The van der Waals surface area contributed by atoms with E-state index < -0.39 is 5.97 Å². The van der Waals surface area contributed by atoms with Gasteiger partial charge in [-0.15, -0.1) is 16.4 Å². The van der Waals surface area contributed by atoms with Crippen LogP contribution in [0.2, 0.25) is 0 Å². The van der Waals surface area contributed by atoms with Crippen LogP contribution < -0.4 is 5.32 Å². The number of thiophene rings is 1. The topological polar surface area (TPSA) is 80.0 Å². The molecule has 7 heteroatoms. The minimum Gasteiger partial charge on any atom is -0.478 e. The second-order valence-corrected chi connectivity index (χ2v) is 8.69. The number of nitrogens with zero attached hydrogens (tertiary/aromatic N) is 3. The van der Waals surface area contributed by atoms with Crippen molar-refractivity contribution in [2.24, 2.45) is 0 Å². The molecule has 0 radical (unpaired) electrons. The number of hydrogen-bond acceptors (Lipinski definition) is 5. The Morgan fingerprint density at radius 1 is 1.06 bits per heavy atom. The van der Waals surface area contributed by atoms with E-state index in [1.54, 1.807) is 28.2 Å². The van der Waals surface area contributed by atoms with E-state index in [-0.39, 0.29) is 5.56 Å². The number of carboxylic acids is 1. The molecule has 1 saturated heterocycles. The lowest BCUT2D eigenvalue weighted by Crippen LogP contribution is -2.26. The number of piperidine rings is 1. The Labute approximate surface area is 184 Å². The first kappa shape index (κ1) is 19.7. The quantitative estimate of drug-likeness (QED) is 0.474. The zero-order valence-corrected chi connectivity index (χ0v) is 17.7. The van der Waals surface area contributed by atoms with Crippen molar-refractivity contribution in [3.8, 4) is 27.4 Å². The molecule has 0 unspecified atom stereocenters. The van der Waals surface area contributed by atoms with Gasteiger partial charge in [0.25, 0.3) is 0 Å². The van der Waals surface area contributed by atoms with Gasteiger partial charge in [-0.3, -0.25) is 0 Å². The summed E-state index contributed by atoms with van der Waals surface area (Å²) in [5, 5.41) is 23.5. The van der Waals surface area contributed by atoms with Gasteiger partial charge in [0.05, 0.1) is 22.3 Å². The summed E-state index contributed by atoms with van der Waals surface area (Å²) in [6, 6.07) is 17.8. The Kier molecular flexibility index (Phi) is 5.36. The van der Waals surface area contributed by atoms with Gasteiger partial charge in [0.15, 0.2) is 0 Å². The molecule has 2 N–H and O–H groups in total. The van der Waals surface area contributed by atoms with Crippen LogP contribution in [0.4, 0.5) is 0 Å². The fourth-order valence-electron chi connectivity index (χ4n) is 4.06. The lowest BCUT2D eigenvalue weighted by atomic mass is 9.89. The Balaban J connectivity index is 1.49. The molecular formula is C24H22N4O2S. The summed E-state index contributed by atoms with van der Waals surface area (Å²) in [4.78, 5) is 12.8. The first-order valence-corrected chi connectivity index (χ1v) is 11.2. The lowest BCUT2D eigenvalue weighted by molar-refractivity contribution is 0.0697. The minimum absolute atomic E-state index is 0.225. The first-order valence-electron chi connectivity index (χ1n) is 10.3. The molecule has 3 heterocycles. The van der Waals surface area contributed by atoms with Gasteiger partial charge in [-0.05, 0) is 78.2 Å². The van der Waals surface area contributed by atoms with Crippen LogP contribution in [0.15, 0.2) is 66.2 Å². The van der Waals surface area contributed by atoms with Gasteiger partial charge in [0.2, 0.25) is 0 Å². The highest BCUT2D eigenvalue weighted by Crippen LogP contribution is 2.30. The van der Waals surface area contributed by atoms with Crippen LogP contribution in [-0.4, -0.2) is 39.2 Å². The molecule has 0 aliphatic carbocycles. The molecule has 1 aliphatic heterocycles. The lowest BCUT2D eigenvalue weighted by Gasteiger charge is -2.23. The normalized spacial score (nSPS) is 14.6. The van der Waals surface area contributed by atoms with Gasteiger partial charge in [-0.25, -0.2) is 9.48 Å². The summed E-state index contributed by atoms with van der Waals surface area (Å²) in [7, 11) is 0. The zero-order chi connectivity index (χ0) is 21.2. The number of benzene rings is 2. The van der Waals surface area contributed by atoms with Crippen LogP contribution >= 0.6 is 11.3 Å². The standard InChI is InChI=1S/C24H22N4O2S/c29-24(30)20-12-19(17-5-3-16(4-6-17)18-7-9-25-10-8-18)13-21(14-20)28-15-22(26-27-28)23-2-1-11-31-23/h1-6,11-15,18,25H,7-10H2,(H,29,30). The van der Waals surface area contributed by atoms with Gasteiger partial charge < -0.3 is 10.4 Å². The third kappa shape index (κ3) is 4.15. The van der Waals surface area contributed by atoms with E-state index in [1.807, 2.05) is 29.8 Å². The summed E-state index contributed by atoms with van der Waals surface area (Å²) in [5.41, 5.74) is 4.84. The summed E-state index contributed by atoms with van der Waals surface area (Å²) in [5.74, 6) is -0.380. The highest BCUT2D eigenvalue weighted by atomic mass is 32.1. The largest absolute Gasteiger partial charge is 0.478 e. The number of hydrogen-bond donors (Lipinski definition) is 2. The van der Waals surface area contributed by atoms with Crippen molar-refractivity contribution >= 4 is 17.3 Å². The van der Waals surface area contributed by atoms with E-state index in [4.69, 9.17) is 0 Å². The molecule has 2 aromatic carbocycles. The molecule has 1 aliphatic rings. The molecule has 4 aromatic rings. The molecular weight excluding hydrogens is 408 g/mol. The van der Waals surface area contributed by atoms with Crippen molar-refractivity contribution in [1.82, 2.24) is 20.3 Å². The Morgan fingerprint density at radius 3 is 2.58 bits per heavy atom. The van der Waals surface area contributed by atoms with Crippen LogP contribution in [0.5, 0.6) is 0 Å². The molecule has 0 atom stereocenters. The summed E-state index contributed by atoms with van der Waals surface area (Å²) in [6.45, 7) is 2.11. The molecule has 1 fully saturated rings. The van der Waals surface area contributed by atoms with Crippen molar-refractivity contribution in [3.63, 3.8) is 0 Å². The number of aromatic nitrogens is 3. The molecule has 0 bridgehead atoms. The number of nitrogens with one attached hydrogen (secondary N) is 1. The Hall–Kier alpha value is -3.29. The molecule has 2 aromatic heterocycles. The molecule has 0 saturated carbocycles. The molecule has 31 heavy (non-hydrogen) atoms. The van der Waals surface area contributed by atoms with Crippen molar-refractivity contribution in [1.29, 1.82) is 0 Å². The molecule has 156 valence electrons. The van der Waals surface area contributed by atoms with E-state index in [0.29, 0.717) is 11.6 Å². The Bertz CT molecular complexity index is 1190. The third-order valence-corrected chi connectivity index (χ3v) is 6.64. The van der Waals surface area contributed by atoms with Crippen molar-refractivity contribution in [3.05, 3.63) is 77.3 Å². The summed E-state index contributed by atoms with van der Waals surface area (Å²) < 4.78 is 1.63. The average Bonchev–Trinajstić information content (AvgIpc) is 3.52. The van der Waals surface area contributed by atoms with E-state index in [9.17, 15) is 9.90 Å². The van der Waals surface area contributed by atoms with E-state index in [1.165, 1.54) is 5.56 Å². The molecule has 6 nitrogen and oxygen atoms in total. The molecule has 0 amide bonds. The monoisotopic (exact) mass is 430 g/mol.